The minimum Gasteiger partial charge on any atom is -0.326 e. The molecule has 2 aromatic rings. The van der Waals surface area contributed by atoms with Crippen LogP contribution in [0.5, 0.6) is 0 Å². The van der Waals surface area contributed by atoms with E-state index in [2.05, 4.69) is 61.4 Å². The molecule has 1 aromatic heterocycles. The van der Waals surface area contributed by atoms with Gasteiger partial charge in [-0.15, -0.1) is 11.3 Å². The Bertz CT molecular complexity index is 615. The molecule has 0 bridgehead atoms. The number of nitrogens with two attached hydrogens (primary N) is 1. The van der Waals surface area contributed by atoms with Crippen LogP contribution in [-0.2, 0) is 12.0 Å². The molecule has 0 radical (unpaired) electrons. The van der Waals surface area contributed by atoms with Crippen molar-refractivity contribution >= 4 is 11.3 Å². The zero-order chi connectivity index (χ0) is 15.7. The Labute approximate surface area is 137 Å². The van der Waals surface area contributed by atoms with Gasteiger partial charge in [0.2, 0.25) is 0 Å². The lowest BCUT2D eigenvalue weighted by Gasteiger charge is -2.16. The van der Waals surface area contributed by atoms with E-state index in [1.807, 2.05) is 0 Å². The van der Waals surface area contributed by atoms with Gasteiger partial charge >= 0.3 is 0 Å². The van der Waals surface area contributed by atoms with E-state index >= 15 is 0 Å². The molecule has 1 aliphatic rings. The van der Waals surface area contributed by atoms with E-state index in [4.69, 9.17) is 10.7 Å². The summed E-state index contributed by atoms with van der Waals surface area (Å²) >= 11 is 1.77. The summed E-state index contributed by atoms with van der Waals surface area (Å²) in [6.45, 7) is 9.52. The summed E-state index contributed by atoms with van der Waals surface area (Å²) in [5, 5.41) is 3.41. The topological polar surface area (TPSA) is 42.2 Å². The Morgan fingerprint density at radius 2 is 1.95 bits per heavy atom. The molecule has 1 aliphatic heterocycles. The Kier molecular flexibility index (Phi) is 4.35. The second-order valence-corrected chi connectivity index (χ2v) is 8.13. The maximum absolute atomic E-state index is 6.37. The molecule has 3 nitrogen and oxygen atoms in total. The van der Waals surface area contributed by atoms with Crippen LogP contribution in [0.1, 0.15) is 43.0 Å². The fourth-order valence-corrected chi connectivity index (χ4v) is 3.95. The van der Waals surface area contributed by atoms with Crippen LogP contribution in [0.3, 0.4) is 0 Å². The molecule has 4 heteroatoms. The van der Waals surface area contributed by atoms with Crippen LogP contribution in [-0.4, -0.2) is 29.0 Å². The van der Waals surface area contributed by atoms with Crippen LogP contribution in [0.4, 0.5) is 0 Å². The van der Waals surface area contributed by atoms with Crippen LogP contribution >= 0.6 is 11.3 Å². The monoisotopic (exact) mass is 315 g/mol. The second kappa shape index (κ2) is 6.11. The van der Waals surface area contributed by atoms with E-state index in [9.17, 15) is 0 Å². The average molecular weight is 315 g/mol. The van der Waals surface area contributed by atoms with Crippen molar-refractivity contribution in [3.8, 4) is 0 Å². The fourth-order valence-electron chi connectivity index (χ4n) is 3.05. The molecule has 118 valence electrons. The number of benzene rings is 1. The molecular formula is C18H25N3S. The lowest BCUT2D eigenvalue weighted by molar-refractivity contribution is 0.320. The summed E-state index contributed by atoms with van der Waals surface area (Å²) in [5.41, 5.74) is 9.04. The van der Waals surface area contributed by atoms with Gasteiger partial charge < -0.3 is 5.73 Å². The molecule has 1 aromatic carbocycles. The van der Waals surface area contributed by atoms with Crippen LogP contribution < -0.4 is 5.73 Å². The first kappa shape index (κ1) is 15.7. The van der Waals surface area contributed by atoms with Crippen molar-refractivity contribution in [1.82, 2.24) is 9.88 Å². The first-order chi connectivity index (χ1) is 10.4. The molecule has 2 heterocycles. The smallest absolute Gasteiger partial charge is 0.0982 e. The molecule has 2 N–H and O–H groups in total. The van der Waals surface area contributed by atoms with Crippen molar-refractivity contribution in [2.45, 2.75) is 44.7 Å². The molecule has 0 spiro atoms. The average Bonchev–Trinajstić information content (AvgIpc) is 3.07. The Morgan fingerprint density at radius 1 is 1.23 bits per heavy atom. The third-order valence-corrected chi connectivity index (χ3v) is 5.56. The quantitative estimate of drug-likeness (QED) is 0.944. The summed E-state index contributed by atoms with van der Waals surface area (Å²) < 4.78 is 0. The first-order valence-electron chi connectivity index (χ1n) is 7.91. The van der Waals surface area contributed by atoms with Crippen molar-refractivity contribution in [2.24, 2.45) is 5.73 Å². The van der Waals surface area contributed by atoms with Crippen molar-refractivity contribution in [1.29, 1.82) is 0 Å². The second-order valence-electron chi connectivity index (χ2n) is 7.27. The summed E-state index contributed by atoms with van der Waals surface area (Å²) in [7, 11) is 0. The number of hydrogen-bond donors (Lipinski definition) is 1. The van der Waals surface area contributed by atoms with Gasteiger partial charge in [-0.3, -0.25) is 4.90 Å². The van der Waals surface area contributed by atoms with Gasteiger partial charge in [0.15, 0.2) is 0 Å². The SMILES string of the molecule is CC(C)(C)c1nc(CN2C[C@@H](N)[C@H](c3ccccc3)C2)cs1. The van der Waals surface area contributed by atoms with Gasteiger partial charge in [0.1, 0.15) is 0 Å². The lowest BCUT2D eigenvalue weighted by atomic mass is 9.95. The molecule has 1 saturated heterocycles. The Hall–Kier alpha value is -1.23. The predicted molar refractivity (Wildman–Crippen MR) is 93.2 cm³/mol. The lowest BCUT2D eigenvalue weighted by Crippen LogP contribution is -2.28. The fraction of sp³-hybridized carbons (Fsp3) is 0.500. The largest absolute Gasteiger partial charge is 0.326 e. The highest BCUT2D eigenvalue weighted by Gasteiger charge is 2.31. The zero-order valence-electron chi connectivity index (χ0n) is 13.6. The molecule has 22 heavy (non-hydrogen) atoms. The van der Waals surface area contributed by atoms with Gasteiger partial charge in [0, 0.05) is 42.4 Å². The highest BCUT2D eigenvalue weighted by atomic mass is 32.1. The summed E-state index contributed by atoms with van der Waals surface area (Å²) in [4.78, 5) is 7.24. The van der Waals surface area contributed by atoms with Gasteiger partial charge in [-0.05, 0) is 5.56 Å². The third-order valence-electron chi connectivity index (χ3n) is 4.25. The highest BCUT2D eigenvalue weighted by Crippen LogP contribution is 2.29. The van der Waals surface area contributed by atoms with E-state index < -0.39 is 0 Å². The maximum Gasteiger partial charge on any atom is 0.0982 e. The van der Waals surface area contributed by atoms with Gasteiger partial charge in [-0.25, -0.2) is 4.98 Å². The summed E-state index contributed by atoms with van der Waals surface area (Å²) in [6, 6.07) is 10.8. The minimum absolute atomic E-state index is 0.136. The number of likely N-dealkylation sites (tertiary alicyclic amines) is 1. The maximum atomic E-state index is 6.37. The number of hydrogen-bond acceptors (Lipinski definition) is 4. The normalized spacial score (nSPS) is 23.1. The van der Waals surface area contributed by atoms with E-state index in [1.165, 1.54) is 16.3 Å². The van der Waals surface area contributed by atoms with Gasteiger partial charge in [0.25, 0.3) is 0 Å². The number of aromatic nitrogens is 1. The first-order valence-corrected chi connectivity index (χ1v) is 8.79. The molecule has 0 aliphatic carbocycles. The number of thiazole rings is 1. The Morgan fingerprint density at radius 3 is 2.59 bits per heavy atom. The third kappa shape index (κ3) is 3.40. The molecular weight excluding hydrogens is 290 g/mol. The van der Waals surface area contributed by atoms with E-state index in [-0.39, 0.29) is 11.5 Å². The van der Waals surface area contributed by atoms with Crippen molar-refractivity contribution in [3.05, 3.63) is 52.0 Å². The number of rotatable bonds is 3. The van der Waals surface area contributed by atoms with E-state index in [1.54, 1.807) is 11.3 Å². The van der Waals surface area contributed by atoms with E-state index in [0.717, 1.165) is 19.6 Å². The molecule has 0 saturated carbocycles. The summed E-state index contributed by atoms with van der Waals surface area (Å²) in [6.07, 6.45) is 0. The zero-order valence-corrected chi connectivity index (χ0v) is 14.4. The van der Waals surface area contributed by atoms with Crippen LogP contribution in [0.2, 0.25) is 0 Å². The number of nitrogens with zero attached hydrogens (tertiary/aromatic N) is 2. The van der Waals surface area contributed by atoms with Crippen molar-refractivity contribution in [3.63, 3.8) is 0 Å². The highest BCUT2D eigenvalue weighted by molar-refractivity contribution is 7.09. The molecule has 3 rings (SSSR count). The minimum atomic E-state index is 0.136. The van der Waals surface area contributed by atoms with Gasteiger partial charge in [0.05, 0.1) is 10.7 Å². The van der Waals surface area contributed by atoms with Crippen LogP contribution in [0.25, 0.3) is 0 Å². The van der Waals surface area contributed by atoms with Gasteiger partial charge in [-0.2, -0.15) is 0 Å². The van der Waals surface area contributed by atoms with Crippen molar-refractivity contribution in [2.75, 3.05) is 13.1 Å². The molecule has 0 amide bonds. The van der Waals surface area contributed by atoms with E-state index in [0.29, 0.717) is 5.92 Å². The Balaban J connectivity index is 1.66. The van der Waals surface area contributed by atoms with Crippen molar-refractivity contribution < 1.29 is 0 Å². The van der Waals surface area contributed by atoms with Gasteiger partial charge in [-0.1, -0.05) is 51.1 Å². The molecule has 1 fully saturated rings. The van der Waals surface area contributed by atoms with Crippen LogP contribution in [0.15, 0.2) is 35.7 Å². The molecule has 2 atom stereocenters. The predicted octanol–water partition coefficient (Wildman–Crippen LogP) is 3.37. The summed E-state index contributed by atoms with van der Waals surface area (Å²) in [5.74, 6) is 0.432. The standard InChI is InChI=1S/C18H25N3S/c1-18(2,3)17-20-14(12-22-17)9-21-10-15(16(19)11-21)13-7-5-4-6-8-13/h4-8,12,15-16H,9-11,19H2,1-3H3/t15-,16+/m0/s1. The molecule has 0 unspecified atom stereocenters. The van der Waals surface area contributed by atoms with Crippen LogP contribution in [0, 0.1) is 0 Å².